The van der Waals surface area contributed by atoms with Crippen LogP contribution in [-0.2, 0) is 4.79 Å². The molecule has 3 N–H and O–H groups in total. The fourth-order valence-corrected chi connectivity index (χ4v) is 1.44. The van der Waals surface area contributed by atoms with Crippen LogP contribution in [-0.4, -0.2) is 23.1 Å². The van der Waals surface area contributed by atoms with Gasteiger partial charge in [0.25, 0.3) is 0 Å². The lowest BCUT2D eigenvalue weighted by Crippen LogP contribution is -2.39. The van der Waals surface area contributed by atoms with E-state index in [1.807, 2.05) is 0 Å². The van der Waals surface area contributed by atoms with E-state index in [2.05, 4.69) is 10.6 Å². The molecule has 0 bridgehead atoms. The van der Waals surface area contributed by atoms with Gasteiger partial charge in [0.1, 0.15) is 11.6 Å². The number of carboxylic acids is 1. The van der Waals surface area contributed by atoms with Crippen LogP contribution in [0.15, 0.2) is 18.2 Å². The van der Waals surface area contributed by atoms with Crippen LogP contribution in [0.25, 0.3) is 0 Å². The average Bonchev–Trinajstić information content (AvgIpc) is 2.31. The molecule has 0 saturated carbocycles. The fourth-order valence-electron chi connectivity index (χ4n) is 1.44. The van der Waals surface area contributed by atoms with Crippen LogP contribution in [0.3, 0.4) is 0 Å². The van der Waals surface area contributed by atoms with Gasteiger partial charge in [0.05, 0.1) is 12.1 Å². The lowest BCUT2D eigenvalue weighted by molar-refractivity contribution is -0.137. The molecule has 19 heavy (non-hydrogen) atoms. The van der Waals surface area contributed by atoms with Crippen molar-refractivity contribution in [2.75, 3.05) is 5.32 Å². The van der Waals surface area contributed by atoms with E-state index in [4.69, 9.17) is 5.11 Å². The van der Waals surface area contributed by atoms with Crippen molar-refractivity contribution in [1.29, 1.82) is 0 Å². The summed E-state index contributed by atoms with van der Waals surface area (Å²) in [7, 11) is 0. The van der Waals surface area contributed by atoms with Crippen LogP contribution < -0.4 is 10.6 Å². The van der Waals surface area contributed by atoms with Gasteiger partial charge in [0.15, 0.2) is 0 Å². The molecule has 1 unspecified atom stereocenters. The molecule has 0 heterocycles. The first-order chi connectivity index (χ1) is 8.92. The topological polar surface area (TPSA) is 78.4 Å². The van der Waals surface area contributed by atoms with Gasteiger partial charge < -0.3 is 15.7 Å². The zero-order valence-corrected chi connectivity index (χ0v) is 10.2. The molecule has 0 aliphatic heterocycles. The number of carbonyl (C=O) groups is 2. The zero-order valence-electron chi connectivity index (χ0n) is 10.2. The van der Waals surface area contributed by atoms with Gasteiger partial charge in [-0.1, -0.05) is 6.92 Å². The van der Waals surface area contributed by atoms with Gasteiger partial charge in [0, 0.05) is 12.1 Å². The summed E-state index contributed by atoms with van der Waals surface area (Å²) >= 11 is 0. The summed E-state index contributed by atoms with van der Waals surface area (Å²) in [6, 6.07) is 1.44. The molecule has 1 aromatic rings. The molecule has 2 amide bonds. The van der Waals surface area contributed by atoms with Crippen molar-refractivity contribution in [2.24, 2.45) is 0 Å². The van der Waals surface area contributed by atoms with Gasteiger partial charge in [0.2, 0.25) is 0 Å². The Labute approximate surface area is 108 Å². The summed E-state index contributed by atoms with van der Waals surface area (Å²) in [5.74, 6) is -2.69. The third kappa shape index (κ3) is 4.90. The molecule has 5 nitrogen and oxygen atoms in total. The Morgan fingerprint density at radius 3 is 2.58 bits per heavy atom. The SMILES string of the molecule is CCC(CC(=O)O)NC(=O)Nc1ccc(F)cc1F. The Morgan fingerprint density at radius 1 is 1.37 bits per heavy atom. The van der Waals surface area contributed by atoms with Crippen LogP contribution in [0, 0.1) is 11.6 Å². The number of carbonyl (C=O) groups excluding carboxylic acids is 1. The van der Waals surface area contributed by atoms with Crippen LogP contribution in [0.4, 0.5) is 19.3 Å². The van der Waals surface area contributed by atoms with E-state index in [1.54, 1.807) is 6.92 Å². The Hall–Kier alpha value is -2.18. The predicted octanol–water partition coefficient (Wildman–Crippen LogP) is 2.34. The maximum Gasteiger partial charge on any atom is 0.319 e. The molecule has 0 spiro atoms. The number of urea groups is 1. The summed E-state index contributed by atoms with van der Waals surface area (Å²) in [6.07, 6.45) is 0.196. The van der Waals surface area contributed by atoms with Crippen molar-refractivity contribution in [3.05, 3.63) is 29.8 Å². The smallest absolute Gasteiger partial charge is 0.319 e. The molecule has 7 heteroatoms. The summed E-state index contributed by atoms with van der Waals surface area (Å²) in [5, 5.41) is 13.2. The number of aliphatic carboxylic acids is 1. The maximum atomic E-state index is 13.3. The first-order valence-corrected chi connectivity index (χ1v) is 5.66. The highest BCUT2D eigenvalue weighted by Gasteiger charge is 2.15. The summed E-state index contributed by atoms with van der Waals surface area (Å²) in [6.45, 7) is 1.71. The van der Waals surface area contributed by atoms with Crippen molar-refractivity contribution in [1.82, 2.24) is 5.32 Å². The monoisotopic (exact) mass is 272 g/mol. The van der Waals surface area contributed by atoms with Gasteiger partial charge in [-0.3, -0.25) is 4.79 Å². The Kier molecular flexibility index (Phi) is 5.23. The van der Waals surface area contributed by atoms with E-state index in [0.717, 1.165) is 12.1 Å². The van der Waals surface area contributed by atoms with Gasteiger partial charge in [-0.2, -0.15) is 0 Å². The largest absolute Gasteiger partial charge is 0.481 e. The first kappa shape index (κ1) is 14.9. The van der Waals surface area contributed by atoms with Crippen LogP contribution in [0.2, 0.25) is 0 Å². The molecule has 1 atom stereocenters. The number of halogens is 2. The van der Waals surface area contributed by atoms with E-state index >= 15 is 0 Å². The fraction of sp³-hybridized carbons (Fsp3) is 0.333. The predicted molar refractivity (Wildman–Crippen MR) is 64.8 cm³/mol. The second kappa shape index (κ2) is 6.67. The second-order valence-corrected chi connectivity index (χ2v) is 3.93. The van der Waals surface area contributed by atoms with E-state index in [0.29, 0.717) is 12.5 Å². The van der Waals surface area contributed by atoms with Gasteiger partial charge >= 0.3 is 12.0 Å². The molecule has 0 saturated heterocycles. The van der Waals surface area contributed by atoms with Crippen molar-refractivity contribution in [3.8, 4) is 0 Å². The van der Waals surface area contributed by atoms with Crippen molar-refractivity contribution >= 4 is 17.7 Å². The maximum absolute atomic E-state index is 13.3. The molecule has 104 valence electrons. The number of carboxylic acid groups (broad SMARTS) is 1. The number of amides is 2. The molecule has 0 aromatic heterocycles. The number of hydrogen-bond acceptors (Lipinski definition) is 2. The zero-order chi connectivity index (χ0) is 14.4. The van der Waals surface area contributed by atoms with Gasteiger partial charge in [-0.15, -0.1) is 0 Å². The molecular weight excluding hydrogens is 258 g/mol. The molecule has 0 aliphatic carbocycles. The highest BCUT2D eigenvalue weighted by molar-refractivity contribution is 5.89. The van der Waals surface area contributed by atoms with Gasteiger partial charge in [-0.05, 0) is 18.6 Å². The lowest BCUT2D eigenvalue weighted by atomic mass is 10.1. The molecule has 0 radical (unpaired) electrons. The summed E-state index contributed by atoms with van der Waals surface area (Å²) in [4.78, 5) is 22.1. The minimum atomic E-state index is -1.04. The average molecular weight is 272 g/mol. The quantitative estimate of drug-likeness (QED) is 0.769. The summed E-state index contributed by atoms with van der Waals surface area (Å²) < 4.78 is 25.9. The number of rotatable bonds is 5. The minimum absolute atomic E-state index is 0.177. The number of hydrogen-bond donors (Lipinski definition) is 3. The van der Waals surface area contributed by atoms with E-state index < -0.39 is 29.7 Å². The number of anilines is 1. The van der Waals surface area contributed by atoms with Crippen molar-refractivity contribution in [3.63, 3.8) is 0 Å². The third-order valence-corrected chi connectivity index (χ3v) is 2.43. The lowest BCUT2D eigenvalue weighted by Gasteiger charge is -2.15. The van der Waals surface area contributed by atoms with Gasteiger partial charge in [-0.25, -0.2) is 13.6 Å². The molecule has 0 aliphatic rings. The molecule has 1 rings (SSSR count). The van der Waals surface area contributed by atoms with Crippen molar-refractivity contribution in [2.45, 2.75) is 25.8 Å². The van der Waals surface area contributed by atoms with E-state index in [9.17, 15) is 18.4 Å². The Morgan fingerprint density at radius 2 is 2.05 bits per heavy atom. The van der Waals surface area contributed by atoms with E-state index in [-0.39, 0.29) is 12.1 Å². The molecule has 0 fully saturated rings. The van der Waals surface area contributed by atoms with E-state index in [1.165, 1.54) is 0 Å². The van der Waals surface area contributed by atoms with Crippen LogP contribution in [0.1, 0.15) is 19.8 Å². The third-order valence-electron chi connectivity index (χ3n) is 2.43. The first-order valence-electron chi connectivity index (χ1n) is 5.66. The van der Waals surface area contributed by atoms with Crippen LogP contribution in [0.5, 0.6) is 0 Å². The number of benzene rings is 1. The molecule has 1 aromatic carbocycles. The standard InChI is InChI=1S/C12H14F2N2O3/c1-2-8(6-11(17)18)15-12(19)16-10-4-3-7(13)5-9(10)14/h3-5,8H,2,6H2,1H3,(H,17,18)(H2,15,16,19). The Balaban J connectivity index is 2.61. The van der Waals surface area contributed by atoms with Crippen LogP contribution >= 0.6 is 0 Å². The summed E-state index contributed by atoms with van der Waals surface area (Å²) in [5.41, 5.74) is -0.177. The van der Waals surface area contributed by atoms with Crippen molar-refractivity contribution < 1.29 is 23.5 Å². The normalized spacial score (nSPS) is 11.7. The molecular formula is C12H14F2N2O3. The highest BCUT2D eigenvalue weighted by Crippen LogP contribution is 2.14. The minimum Gasteiger partial charge on any atom is -0.481 e. The highest BCUT2D eigenvalue weighted by atomic mass is 19.1. The Bertz CT molecular complexity index is 480. The number of nitrogens with one attached hydrogen (secondary N) is 2. The second-order valence-electron chi connectivity index (χ2n) is 3.93.